The van der Waals surface area contributed by atoms with Crippen molar-refractivity contribution in [3.63, 3.8) is 0 Å². The van der Waals surface area contributed by atoms with Crippen LogP contribution in [0.3, 0.4) is 0 Å². The normalized spacial score (nSPS) is 10.4. The molecule has 2 aromatic rings. The summed E-state index contributed by atoms with van der Waals surface area (Å²) >= 11 is 10.9. The second-order valence-corrected chi connectivity index (χ2v) is 4.14. The lowest BCUT2D eigenvalue weighted by molar-refractivity contribution is 0.619. The molecular formula is C11H8ClFN2S. The van der Waals surface area contributed by atoms with Crippen LogP contribution in [0, 0.1) is 17.4 Å². The van der Waals surface area contributed by atoms with E-state index in [0.717, 1.165) is 5.56 Å². The Morgan fingerprint density at radius 2 is 2.12 bits per heavy atom. The number of H-pyrrole nitrogens is 1. The standard InChI is InChI=1S/C11H8ClFN2S/c1-6-7(3-2-4-9(6)13)8-5-10(12)14-15-11(8)16/h2-5H,1H3,(H,15,16). The first-order chi connectivity index (χ1) is 7.59. The first-order valence-corrected chi connectivity index (χ1v) is 5.39. The van der Waals surface area contributed by atoms with E-state index in [1.807, 2.05) is 0 Å². The molecule has 0 saturated carbocycles. The number of hydrogen-bond acceptors (Lipinski definition) is 2. The van der Waals surface area contributed by atoms with E-state index in [4.69, 9.17) is 23.8 Å². The maximum atomic E-state index is 13.4. The van der Waals surface area contributed by atoms with E-state index in [1.165, 1.54) is 6.07 Å². The molecule has 0 atom stereocenters. The Morgan fingerprint density at radius 1 is 1.38 bits per heavy atom. The number of aromatic amines is 1. The highest BCUT2D eigenvalue weighted by Crippen LogP contribution is 2.26. The first kappa shape index (κ1) is 11.2. The van der Waals surface area contributed by atoms with Gasteiger partial charge < -0.3 is 0 Å². The smallest absolute Gasteiger partial charge is 0.150 e. The molecule has 0 unspecified atom stereocenters. The third-order valence-corrected chi connectivity index (χ3v) is 2.84. The summed E-state index contributed by atoms with van der Waals surface area (Å²) in [4.78, 5) is 0. The largest absolute Gasteiger partial charge is 0.266 e. The summed E-state index contributed by atoms with van der Waals surface area (Å²) in [5.41, 5.74) is 1.96. The van der Waals surface area contributed by atoms with Gasteiger partial charge in [-0.25, -0.2) is 4.39 Å². The van der Waals surface area contributed by atoms with Crippen LogP contribution >= 0.6 is 23.8 Å². The lowest BCUT2D eigenvalue weighted by Crippen LogP contribution is -1.92. The van der Waals surface area contributed by atoms with E-state index < -0.39 is 0 Å². The van der Waals surface area contributed by atoms with Crippen LogP contribution in [0.1, 0.15) is 5.56 Å². The molecule has 0 aliphatic heterocycles. The van der Waals surface area contributed by atoms with Gasteiger partial charge in [0.1, 0.15) is 15.6 Å². The minimum absolute atomic E-state index is 0.264. The minimum atomic E-state index is -0.264. The van der Waals surface area contributed by atoms with Crippen LogP contribution in [-0.4, -0.2) is 10.2 Å². The molecular weight excluding hydrogens is 247 g/mol. The van der Waals surface area contributed by atoms with E-state index in [-0.39, 0.29) is 5.82 Å². The molecule has 0 spiro atoms. The Labute approximate surface area is 102 Å². The molecule has 16 heavy (non-hydrogen) atoms. The number of nitrogens with zero attached hydrogens (tertiary/aromatic N) is 1. The Kier molecular flexibility index (Phi) is 3.03. The molecule has 0 saturated heterocycles. The average molecular weight is 255 g/mol. The first-order valence-electron chi connectivity index (χ1n) is 4.60. The maximum Gasteiger partial charge on any atom is 0.150 e. The Hall–Kier alpha value is -1.26. The van der Waals surface area contributed by atoms with Gasteiger partial charge in [-0.1, -0.05) is 36.0 Å². The Morgan fingerprint density at radius 3 is 2.88 bits per heavy atom. The summed E-state index contributed by atoms with van der Waals surface area (Å²) in [5, 5.41) is 6.68. The minimum Gasteiger partial charge on any atom is -0.266 e. The number of halogens is 2. The van der Waals surface area contributed by atoms with Crippen molar-refractivity contribution in [2.45, 2.75) is 6.92 Å². The number of benzene rings is 1. The van der Waals surface area contributed by atoms with Crippen LogP contribution in [0.5, 0.6) is 0 Å². The second kappa shape index (κ2) is 4.31. The maximum absolute atomic E-state index is 13.4. The van der Waals surface area contributed by atoms with Gasteiger partial charge in [-0.2, -0.15) is 5.10 Å². The van der Waals surface area contributed by atoms with Gasteiger partial charge in [0.2, 0.25) is 0 Å². The van der Waals surface area contributed by atoms with Crippen LogP contribution in [0.2, 0.25) is 5.15 Å². The fourth-order valence-electron chi connectivity index (χ4n) is 1.48. The van der Waals surface area contributed by atoms with Crippen molar-refractivity contribution in [1.82, 2.24) is 10.2 Å². The molecule has 2 nitrogen and oxygen atoms in total. The van der Waals surface area contributed by atoms with Crippen LogP contribution in [0.15, 0.2) is 24.3 Å². The third kappa shape index (κ3) is 1.99. The summed E-state index contributed by atoms with van der Waals surface area (Å²) in [7, 11) is 0. The zero-order valence-corrected chi connectivity index (χ0v) is 9.99. The molecule has 0 aliphatic rings. The number of hydrogen-bond donors (Lipinski definition) is 1. The SMILES string of the molecule is Cc1c(F)cccc1-c1cc(Cl)n[nH]c1=S. The molecule has 0 fully saturated rings. The van der Waals surface area contributed by atoms with E-state index in [1.54, 1.807) is 25.1 Å². The molecule has 1 aromatic carbocycles. The molecule has 0 amide bonds. The van der Waals surface area contributed by atoms with Gasteiger partial charge in [-0.15, -0.1) is 0 Å². The van der Waals surface area contributed by atoms with Gasteiger partial charge in [-0.3, -0.25) is 5.10 Å². The topological polar surface area (TPSA) is 28.7 Å². The monoisotopic (exact) mass is 254 g/mol. The van der Waals surface area contributed by atoms with Crippen LogP contribution in [0.4, 0.5) is 4.39 Å². The number of nitrogens with one attached hydrogen (secondary N) is 1. The summed E-state index contributed by atoms with van der Waals surface area (Å²) in [6, 6.07) is 6.48. The summed E-state index contributed by atoms with van der Waals surface area (Å²) in [6.45, 7) is 1.70. The molecule has 82 valence electrons. The second-order valence-electron chi connectivity index (χ2n) is 3.35. The van der Waals surface area contributed by atoms with Crippen molar-refractivity contribution >= 4 is 23.8 Å². The third-order valence-electron chi connectivity index (χ3n) is 2.33. The van der Waals surface area contributed by atoms with Crippen LogP contribution in [-0.2, 0) is 0 Å². The van der Waals surface area contributed by atoms with Crippen molar-refractivity contribution in [2.75, 3.05) is 0 Å². The molecule has 2 rings (SSSR count). The molecule has 5 heteroatoms. The molecule has 0 aliphatic carbocycles. The van der Waals surface area contributed by atoms with Crippen molar-refractivity contribution < 1.29 is 4.39 Å². The van der Waals surface area contributed by atoms with Crippen molar-refractivity contribution in [3.8, 4) is 11.1 Å². The predicted octanol–water partition coefficient (Wildman–Crippen LogP) is 3.91. The molecule has 0 radical (unpaired) electrons. The molecule has 0 bridgehead atoms. The average Bonchev–Trinajstić information content (AvgIpc) is 2.26. The van der Waals surface area contributed by atoms with Gasteiger partial charge in [0.05, 0.1) is 0 Å². The van der Waals surface area contributed by atoms with E-state index >= 15 is 0 Å². The zero-order valence-electron chi connectivity index (χ0n) is 8.42. The summed E-state index contributed by atoms with van der Waals surface area (Å²) < 4.78 is 13.8. The van der Waals surface area contributed by atoms with Gasteiger partial charge in [0, 0.05) is 5.56 Å². The van der Waals surface area contributed by atoms with Crippen molar-refractivity contribution in [2.24, 2.45) is 0 Å². The van der Waals surface area contributed by atoms with Crippen molar-refractivity contribution in [3.05, 3.63) is 45.4 Å². The Bertz CT molecular complexity index is 595. The molecule has 1 N–H and O–H groups in total. The van der Waals surface area contributed by atoms with Gasteiger partial charge in [0.15, 0.2) is 0 Å². The van der Waals surface area contributed by atoms with Gasteiger partial charge >= 0.3 is 0 Å². The highest BCUT2D eigenvalue weighted by atomic mass is 35.5. The summed E-state index contributed by atoms with van der Waals surface area (Å²) in [6.07, 6.45) is 0. The lowest BCUT2D eigenvalue weighted by atomic mass is 10.0. The summed E-state index contributed by atoms with van der Waals surface area (Å²) in [5.74, 6) is -0.264. The van der Waals surface area contributed by atoms with Gasteiger partial charge in [-0.05, 0) is 30.2 Å². The number of rotatable bonds is 1. The van der Waals surface area contributed by atoms with Gasteiger partial charge in [0.25, 0.3) is 0 Å². The van der Waals surface area contributed by atoms with E-state index in [2.05, 4.69) is 10.2 Å². The Balaban J connectivity index is 2.72. The molecule has 1 heterocycles. The predicted molar refractivity (Wildman–Crippen MR) is 64.6 cm³/mol. The van der Waals surface area contributed by atoms with E-state index in [9.17, 15) is 4.39 Å². The fraction of sp³-hybridized carbons (Fsp3) is 0.0909. The molecule has 1 aromatic heterocycles. The van der Waals surface area contributed by atoms with Crippen LogP contribution < -0.4 is 0 Å². The van der Waals surface area contributed by atoms with Crippen molar-refractivity contribution in [1.29, 1.82) is 0 Å². The quantitative estimate of drug-likeness (QED) is 0.782. The van der Waals surface area contributed by atoms with E-state index in [0.29, 0.717) is 20.9 Å². The highest BCUT2D eigenvalue weighted by molar-refractivity contribution is 7.71. The zero-order chi connectivity index (χ0) is 11.7. The van der Waals surface area contributed by atoms with Crippen LogP contribution in [0.25, 0.3) is 11.1 Å². The fourth-order valence-corrected chi connectivity index (χ4v) is 1.85. The number of aromatic nitrogens is 2. The lowest BCUT2D eigenvalue weighted by Gasteiger charge is -2.06. The highest BCUT2D eigenvalue weighted by Gasteiger charge is 2.08.